The number of hydrogen-bond donors (Lipinski definition) is 2. The number of para-hydroxylation sites is 1. The fourth-order valence-electron chi connectivity index (χ4n) is 3.77. The topological polar surface area (TPSA) is 82.3 Å². The van der Waals surface area contributed by atoms with Gasteiger partial charge in [-0.1, -0.05) is 48.5 Å². The van der Waals surface area contributed by atoms with Crippen LogP contribution in [0, 0.1) is 5.92 Å². The molecule has 1 aliphatic rings. The second-order valence-corrected chi connectivity index (χ2v) is 9.42. The van der Waals surface area contributed by atoms with Crippen LogP contribution in [0.2, 0.25) is 0 Å². The van der Waals surface area contributed by atoms with Crippen molar-refractivity contribution in [2.75, 3.05) is 19.6 Å². The van der Waals surface area contributed by atoms with Gasteiger partial charge in [0.15, 0.2) is 0 Å². The zero-order chi connectivity index (χ0) is 21.0. The maximum absolute atomic E-state index is 12.7. The number of aromatic amines is 1. The van der Waals surface area contributed by atoms with E-state index >= 15 is 0 Å². The van der Waals surface area contributed by atoms with Crippen molar-refractivity contribution in [2.45, 2.75) is 12.8 Å². The summed E-state index contributed by atoms with van der Waals surface area (Å²) in [6.45, 7) is 1.37. The summed E-state index contributed by atoms with van der Waals surface area (Å²) < 4.78 is 26.9. The van der Waals surface area contributed by atoms with Crippen LogP contribution >= 0.6 is 0 Å². The molecule has 4 rings (SSSR count). The van der Waals surface area contributed by atoms with Crippen LogP contribution in [0.4, 0.5) is 0 Å². The lowest BCUT2D eigenvalue weighted by atomic mass is 10.00. The van der Waals surface area contributed by atoms with Gasteiger partial charge in [0.25, 0.3) is 5.91 Å². The summed E-state index contributed by atoms with van der Waals surface area (Å²) in [5.41, 5.74) is 2.28. The highest BCUT2D eigenvalue weighted by Gasteiger charge is 2.27. The van der Waals surface area contributed by atoms with Gasteiger partial charge < -0.3 is 10.3 Å². The van der Waals surface area contributed by atoms with Gasteiger partial charge in [0.05, 0.1) is 0 Å². The molecule has 0 aliphatic carbocycles. The Morgan fingerprint density at radius 2 is 1.90 bits per heavy atom. The van der Waals surface area contributed by atoms with Crippen LogP contribution in [0.3, 0.4) is 0 Å². The van der Waals surface area contributed by atoms with E-state index in [1.54, 1.807) is 6.08 Å². The Morgan fingerprint density at radius 3 is 2.70 bits per heavy atom. The molecule has 0 saturated carbocycles. The second-order valence-electron chi connectivity index (χ2n) is 7.60. The number of sulfonamides is 1. The molecule has 7 heteroatoms. The standard InChI is InChI=1S/C23H25N3O3S/c27-23(22-15-20-10-4-5-11-21(20)25-22)24-16-19-9-6-13-26(17-19)30(28,29)14-12-18-7-2-1-3-8-18/h1-5,7-8,10-12,14-15,19,25H,6,9,13,16-17H2,(H,24,27). The van der Waals surface area contributed by atoms with Crippen molar-refractivity contribution >= 4 is 32.9 Å². The van der Waals surface area contributed by atoms with Crippen molar-refractivity contribution in [2.24, 2.45) is 5.92 Å². The van der Waals surface area contributed by atoms with Gasteiger partial charge in [0.1, 0.15) is 5.69 Å². The highest BCUT2D eigenvalue weighted by atomic mass is 32.2. The molecule has 1 aliphatic heterocycles. The highest BCUT2D eigenvalue weighted by Crippen LogP contribution is 2.20. The molecule has 3 aromatic rings. The molecule has 0 spiro atoms. The molecular weight excluding hydrogens is 398 g/mol. The number of carbonyl (C=O) groups excluding carboxylic acids is 1. The Bertz CT molecular complexity index is 1120. The molecule has 0 bridgehead atoms. The minimum absolute atomic E-state index is 0.0898. The average Bonchev–Trinajstić information content (AvgIpc) is 3.22. The molecular formula is C23H25N3O3S. The van der Waals surface area contributed by atoms with E-state index in [4.69, 9.17) is 0 Å². The summed E-state index contributed by atoms with van der Waals surface area (Å²) in [6, 6.07) is 18.9. The number of fused-ring (bicyclic) bond motifs is 1. The molecule has 2 aromatic carbocycles. The Morgan fingerprint density at radius 1 is 1.13 bits per heavy atom. The van der Waals surface area contributed by atoms with Crippen molar-refractivity contribution in [1.29, 1.82) is 0 Å². The Hall–Kier alpha value is -2.90. The predicted octanol–water partition coefficient (Wildman–Crippen LogP) is 3.61. The van der Waals surface area contributed by atoms with Gasteiger partial charge in [-0.15, -0.1) is 0 Å². The van der Waals surface area contributed by atoms with Crippen LogP contribution in [-0.4, -0.2) is 43.2 Å². The number of nitrogens with zero attached hydrogens (tertiary/aromatic N) is 1. The fourth-order valence-corrected chi connectivity index (χ4v) is 5.07. The molecule has 2 heterocycles. The molecule has 1 unspecified atom stereocenters. The van der Waals surface area contributed by atoms with Crippen LogP contribution in [0.15, 0.2) is 66.1 Å². The van der Waals surface area contributed by atoms with Crippen molar-refractivity contribution < 1.29 is 13.2 Å². The molecule has 1 aromatic heterocycles. The Labute approximate surface area is 176 Å². The van der Waals surface area contributed by atoms with Gasteiger partial charge in [-0.05, 0) is 42.5 Å². The quantitative estimate of drug-likeness (QED) is 0.635. The third kappa shape index (κ3) is 4.80. The average molecular weight is 424 g/mol. The molecule has 1 atom stereocenters. The molecule has 1 saturated heterocycles. The first kappa shape index (κ1) is 20.4. The maximum atomic E-state index is 12.7. The lowest BCUT2D eigenvalue weighted by Crippen LogP contribution is -2.43. The first-order valence-corrected chi connectivity index (χ1v) is 11.6. The number of hydrogen-bond acceptors (Lipinski definition) is 3. The van der Waals surface area contributed by atoms with E-state index in [0.29, 0.717) is 25.3 Å². The number of H-pyrrole nitrogens is 1. The molecule has 2 N–H and O–H groups in total. The van der Waals surface area contributed by atoms with Gasteiger partial charge in [0, 0.05) is 35.9 Å². The molecule has 156 valence electrons. The summed E-state index contributed by atoms with van der Waals surface area (Å²) in [4.78, 5) is 15.6. The maximum Gasteiger partial charge on any atom is 0.267 e. The van der Waals surface area contributed by atoms with Gasteiger partial charge in [-0.3, -0.25) is 4.79 Å². The van der Waals surface area contributed by atoms with E-state index in [1.807, 2.05) is 60.7 Å². The number of benzene rings is 2. The van der Waals surface area contributed by atoms with E-state index in [2.05, 4.69) is 10.3 Å². The third-order valence-corrected chi connectivity index (χ3v) is 6.93. The number of aromatic nitrogens is 1. The van der Waals surface area contributed by atoms with E-state index < -0.39 is 10.0 Å². The van der Waals surface area contributed by atoms with Crippen LogP contribution in [-0.2, 0) is 10.0 Å². The van der Waals surface area contributed by atoms with Crippen LogP contribution < -0.4 is 5.32 Å². The fraction of sp³-hybridized carbons (Fsp3) is 0.261. The summed E-state index contributed by atoms with van der Waals surface area (Å²) in [5.74, 6) is -0.0814. The van der Waals surface area contributed by atoms with E-state index in [1.165, 1.54) is 9.71 Å². The summed E-state index contributed by atoms with van der Waals surface area (Å²) in [7, 11) is -3.49. The van der Waals surface area contributed by atoms with Crippen molar-refractivity contribution in [1.82, 2.24) is 14.6 Å². The van der Waals surface area contributed by atoms with Crippen molar-refractivity contribution in [3.8, 4) is 0 Å². The zero-order valence-corrected chi connectivity index (χ0v) is 17.4. The van der Waals surface area contributed by atoms with Crippen LogP contribution in [0.5, 0.6) is 0 Å². The molecule has 30 heavy (non-hydrogen) atoms. The number of amides is 1. The van der Waals surface area contributed by atoms with Gasteiger partial charge in [-0.2, -0.15) is 4.31 Å². The van der Waals surface area contributed by atoms with Crippen molar-refractivity contribution in [3.63, 3.8) is 0 Å². The number of piperidine rings is 1. The molecule has 1 amide bonds. The largest absolute Gasteiger partial charge is 0.351 e. The Kier molecular flexibility index (Phi) is 6.01. The summed E-state index contributed by atoms with van der Waals surface area (Å²) >= 11 is 0. The number of rotatable bonds is 6. The first-order valence-electron chi connectivity index (χ1n) is 10.1. The SMILES string of the molecule is O=C(NCC1CCCN(S(=O)(=O)C=Cc2ccccc2)C1)c1cc2ccccc2[nH]1. The molecule has 6 nitrogen and oxygen atoms in total. The Balaban J connectivity index is 1.35. The molecule has 1 fully saturated rings. The number of carbonyl (C=O) groups is 1. The van der Waals surface area contributed by atoms with E-state index in [0.717, 1.165) is 29.3 Å². The van der Waals surface area contributed by atoms with Gasteiger partial charge in [-0.25, -0.2) is 8.42 Å². The number of nitrogens with one attached hydrogen (secondary N) is 2. The zero-order valence-electron chi connectivity index (χ0n) is 16.6. The minimum atomic E-state index is -3.49. The van der Waals surface area contributed by atoms with Gasteiger partial charge in [0.2, 0.25) is 10.0 Å². The minimum Gasteiger partial charge on any atom is -0.351 e. The van der Waals surface area contributed by atoms with Crippen LogP contribution in [0.25, 0.3) is 17.0 Å². The third-order valence-electron chi connectivity index (χ3n) is 5.40. The monoisotopic (exact) mass is 423 g/mol. The lowest BCUT2D eigenvalue weighted by Gasteiger charge is -2.31. The van der Waals surface area contributed by atoms with E-state index in [-0.39, 0.29) is 11.8 Å². The second kappa shape index (κ2) is 8.85. The first-order chi connectivity index (χ1) is 14.5. The summed E-state index contributed by atoms with van der Waals surface area (Å²) in [6.07, 6.45) is 3.29. The normalized spacial score (nSPS) is 18.1. The highest BCUT2D eigenvalue weighted by molar-refractivity contribution is 7.92. The summed E-state index contributed by atoms with van der Waals surface area (Å²) in [5, 5.41) is 5.21. The predicted molar refractivity (Wildman–Crippen MR) is 119 cm³/mol. The van der Waals surface area contributed by atoms with Crippen LogP contribution in [0.1, 0.15) is 28.9 Å². The van der Waals surface area contributed by atoms with E-state index in [9.17, 15) is 13.2 Å². The lowest BCUT2D eigenvalue weighted by molar-refractivity contribution is 0.0937. The van der Waals surface area contributed by atoms with Crippen molar-refractivity contribution in [3.05, 3.63) is 77.3 Å². The van der Waals surface area contributed by atoms with Gasteiger partial charge >= 0.3 is 0 Å². The smallest absolute Gasteiger partial charge is 0.267 e. The molecule has 0 radical (unpaired) electrons.